The number of carbonyl (C=O) groups is 2. The third-order valence-corrected chi connectivity index (χ3v) is 5.25. The number of allylic oxidation sites excluding steroid dienone is 9. The lowest BCUT2D eigenvalue weighted by Gasteiger charge is -2.32. The van der Waals surface area contributed by atoms with Gasteiger partial charge < -0.3 is 10.4 Å². The number of hydrogen-bond acceptors (Lipinski definition) is 3. The zero-order valence-corrected chi connectivity index (χ0v) is 18.5. The zero-order valence-electron chi connectivity index (χ0n) is 18.5. The molecule has 0 fully saturated rings. The molecule has 0 spiro atoms. The Morgan fingerprint density at radius 2 is 1.77 bits per heavy atom. The van der Waals surface area contributed by atoms with E-state index in [-0.39, 0.29) is 22.9 Å². The molecular weight excluding hydrogens is 374 g/mol. The second-order valence-corrected chi connectivity index (χ2v) is 8.37. The number of rotatable bonds is 6. The van der Waals surface area contributed by atoms with Crippen molar-refractivity contribution >= 4 is 17.4 Å². The third-order valence-electron chi connectivity index (χ3n) is 5.25. The molecule has 0 atom stereocenters. The minimum atomic E-state index is -0.227. The van der Waals surface area contributed by atoms with Gasteiger partial charge in [0.15, 0.2) is 5.78 Å². The summed E-state index contributed by atoms with van der Waals surface area (Å²) in [5, 5.41) is 12.0. The second-order valence-electron chi connectivity index (χ2n) is 8.37. The largest absolute Gasteiger partial charge is 0.508 e. The lowest BCUT2D eigenvalue weighted by molar-refractivity contribution is -0.116. The summed E-state index contributed by atoms with van der Waals surface area (Å²) in [5.41, 5.74) is 4.48. The average molecular weight is 406 g/mol. The summed E-state index contributed by atoms with van der Waals surface area (Å²) in [5.74, 6) is 0.167. The molecule has 1 aliphatic rings. The Labute approximate surface area is 179 Å². The van der Waals surface area contributed by atoms with Crippen molar-refractivity contribution in [3.05, 3.63) is 83.0 Å². The number of benzene rings is 1. The van der Waals surface area contributed by atoms with Crippen LogP contribution in [0.1, 0.15) is 47.5 Å². The maximum Gasteiger partial charge on any atom is 0.248 e. The molecule has 30 heavy (non-hydrogen) atoms. The van der Waals surface area contributed by atoms with Crippen LogP contribution in [0.5, 0.6) is 5.75 Å². The quantitative estimate of drug-likeness (QED) is 0.344. The first-order valence-corrected chi connectivity index (χ1v) is 10.1. The first-order chi connectivity index (χ1) is 14.1. The average Bonchev–Trinajstić information content (AvgIpc) is 2.66. The fraction of sp³-hybridized carbons (Fsp3) is 0.308. The van der Waals surface area contributed by atoms with Crippen molar-refractivity contribution in [2.24, 2.45) is 5.41 Å². The molecule has 0 heterocycles. The Balaban J connectivity index is 1.99. The highest BCUT2D eigenvalue weighted by Gasteiger charge is 2.30. The van der Waals surface area contributed by atoms with Crippen molar-refractivity contribution < 1.29 is 14.7 Å². The van der Waals surface area contributed by atoms with Crippen molar-refractivity contribution in [1.82, 2.24) is 0 Å². The van der Waals surface area contributed by atoms with Crippen LogP contribution in [-0.2, 0) is 9.59 Å². The smallest absolute Gasteiger partial charge is 0.248 e. The van der Waals surface area contributed by atoms with Gasteiger partial charge in [-0.15, -0.1) is 0 Å². The summed E-state index contributed by atoms with van der Waals surface area (Å²) < 4.78 is 0. The van der Waals surface area contributed by atoms with Crippen LogP contribution in [0.2, 0.25) is 0 Å². The van der Waals surface area contributed by atoms with Crippen LogP contribution < -0.4 is 5.32 Å². The normalized spacial score (nSPS) is 17.8. The number of ketones is 1. The molecule has 0 saturated carbocycles. The van der Waals surface area contributed by atoms with E-state index in [2.05, 4.69) is 25.2 Å². The van der Waals surface area contributed by atoms with Crippen LogP contribution in [0.4, 0.5) is 5.69 Å². The molecule has 0 bridgehead atoms. The number of amides is 1. The van der Waals surface area contributed by atoms with E-state index >= 15 is 0 Å². The van der Waals surface area contributed by atoms with Gasteiger partial charge in [-0.3, -0.25) is 9.59 Å². The Kier molecular flexibility index (Phi) is 7.76. The van der Waals surface area contributed by atoms with E-state index in [9.17, 15) is 14.7 Å². The maximum absolute atomic E-state index is 12.1. The lowest BCUT2D eigenvalue weighted by atomic mass is 9.72. The monoisotopic (exact) mass is 405 g/mol. The Morgan fingerprint density at radius 1 is 1.10 bits per heavy atom. The zero-order chi connectivity index (χ0) is 22.3. The Morgan fingerprint density at radius 3 is 2.43 bits per heavy atom. The van der Waals surface area contributed by atoms with Crippen molar-refractivity contribution in [2.75, 3.05) is 5.32 Å². The van der Waals surface area contributed by atoms with Crippen molar-refractivity contribution in [1.29, 1.82) is 0 Å². The molecule has 0 aromatic heterocycles. The highest BCUT2D eigenvalue weighted by Crippen LogP contribution is 2.39. The van der Waals surface area contributed by atoms with E-state index in [0.717, 1.165) is 28.7 Å². The molecule has 1 aliphatic carbocycles. The van der Waals surface area contributed by atoms with Gasteiger partial charge in [0, 0.05) is 18.2 Å². The first-order valence-electron chi connectivity index (χ1n) is 10.1. The first kappa shape index (κ1) is 23.1. The lowest BCUT2D eigenvalue weighted by Crippen LogP contribution is -2.24. The van der Waals surface area contributed by atoms with Crippen molar-refractivity contribution in [3.63, 3.8) is 0 Å². The predicted octanol–water partition coefficient (Wildman–Crippen LogP) is 6.04. The van der Waals surface area contributed by atoms with Gasteiger partial charge in [0.25, 0.3) is 0 Å². The van der Waals surface area contributed by atoms with Crippen LogP contribution in [0.25, 0.3) is 0 Å². The summed E-state index contributed by atoms with van der Waals surface area (Å²) in [6.07, 6.45) is 12.8. The topological polar surface area (TPSA) is 66.4 Å². The van der Waals surface area contributed by atoms with Crippen LogP contribution in [-0.4, -0.2) is 16.8 Å². The summed E-state index contributed by atoms with van der Waals surface area (Å²) >= 11 is 0. The number of phenols is 1. The highest BCUT2D eigenvalue weighted by atomic mass is 16.3. The molecule has 0 saturated heterocycles. The van der Waals surface area contributed by atoms with E-state index in [4.69, 9.17) is 0 Å². The van der Waals surface area contributed by atoms with Crippen molar-refractivity contribution in [3.8, 4) is 5.75 Å². The van der Waals surface area contributed by atoms with Gasteiger partial charge in [-0.05, 0) is 73.6 Å². The second kappa shape index (κ2) is 10.1. The minimum Gasteiger partial charge on any atom is -0.508 e. The van der Waals surface area contributed by atoms with E-state index in [1.807, 2.05) is 45.1 Å². The molecule has 0 radical (unpaired) electrons. The Bertz CT molecular complexity index is 954. The van der Waals surface area contributed by atoms with Crippen LogP contribution >= 0.6 is 0 Å². The summed E-state index contributed by atoms with van der Waals surface area (Å²) in [6, 6.07) is 6.33. The summed E-state index contributed by atoms with van der Waals surface area (Å²) in [4.78, 5) is 24.1. The SMILES string of the molecule is CC(C=CC1=C(C)C(=O)CCC1(C)C)=CC=CC(C)=CC(=O)Nc1ccc(O)cc1. The molecule has 0 unspecified atom stereocenters. The Hall–Kier alpha value is -3.14. The van der Waals surface area contributed by atoms with Gasteiger partial charge in [0.2, 0.25) is 5.91 Å². The van der Waals surface area contributed by atoms with Gasteiger partial charge in [-0.25, -0.2) is 0 Å². The number of Topliss-reactive ketones (excluding diaryl/α,β-unsaturated/α-hetero) is 1. The van der Waals surface area contributed by atoms with E-state index < -0.39 is 0 Å². The highest BCUT2D eigenvalue weighted by molar-refractivity contribution is 6.00. The number of aromatic hydroxyl groups is 1. The minimum absolute atomic E-state index is 0.00873. The molecule has 158 valence electrons. The molecule has 4 nitrogen and oxygen atoms in total. The molecule has 0 aliphatic heterocycles. The third kappa shape index (κ3) is 6.73. The van der Waals surface area contributed by atoms with E-state index in [1.165, 1.54) is 18.2 Å². The molecule has 1 aromatic carbocycles. The number of nitrogens with one attached hydrogen (secondary N) is 1. The standard InChI is InChI=1S/C26H31NO3/c1-18(9-14-23-20(3)24(29)15-16-26(23,4)5)7-6-8-19(2)17-25(30)27-21-10-12-22(28)13-11-21/h6-14,17,28H,15-16H2,1-5H3,(H,27,30). The van der Waals surface area contributed by atoms with Gasteiger partial charge in [-0.2, -0.15) is 0 Å². The number of carbonyl (C=O) groups excluding carboxylic acids is 2. The number of hydrogen-bond donors (Lipinski definition) is 2. The molecule has 4 heteroatoms. The van der Waals surface area contributed by atoms with Crippen molar-refractivity contribution in [2.45, 2.75) is 47.5 Å². The van der Waals surface area contributed by atoms with E-state index in [0.29, 0.717) is 12.1 Å². The predicted molar refractivity (Wildman–Crippen MR) is 123 cm³/mol. The van der Waals surface area contributed by atoms with Gasteiger partial charge in [0.05, 0.1) is 0 Å². The number of anilines is 1. The van der Waals surface area contributed by atoms with Crippen LogP contribution in [0, 0.1) is 5.41 Å². The van der Waals surface area contributed by atoms with Gasteiger partial charge in [-0.1, -0.05) is 49.8 Å². The number of phenolic OH excluding ortho intramolecular Hbond substituents is 1. The fourth-order valence-electron chi connectivity index (χ4n) is 3.36. The van der Waals surface area contributed by atoms with Crippen LogP contribution in [0.15, 0.2) is 83.0 Å². The molecule has 2 rings (SSSR count). The molecule has 1 aromatic rings. The summed E-state index contributed by atoms with van der Waals surface area (Å²) in [6.45, 7) is 10.1. The van der Waals surface area contributed by atoms with E-state index in [1.54, 1.807) is 12.1 Å². The summed E-state index contributed by atoms with van der Waals surface area (Å²) in [7, 11) is 0. The van der Waals surface area contributed by atoms with Gasteiger partial charge >= 0.3 is 0 Å². The fourth-order valence-corrected chi connectivity index (χ4v) is 3.36. The van der Waals surface area contributed by atoms with Gasteiger partial charge in [0.1, 0.15) is 5.75 Å². The maximum atomic E-state index is 12.1. The molecular formula is C26H31NO3. The molecule has 1 amide bonds. The molecule has 2 N–H and O–H groups in total. The van der Waals surface area contributed by atoms with Crippen LogP contribution in [0.3, 0.4) is 0 Å².